The van der Waals surface area contributed by atoms with Crippen LogP contribution in [-0.2, 0) is 9.78 Å². The van der Waals surface area contributed by atoms with E-state index in [0.717, 1.165) is 38.6 Å². The number of aliphatic hydroxyl groups excluding tert-OH is 1. The molecule has 23 heavy (non-hydrogen) atoms. The van der Waals surface area contributed by atoms with Crippen molar-refractivity contribution in [1.29, 1.82) is 0 Å². The molecule has 2 aliphatic heterocycles. The summed E-state index contributed by atoms with van der Waals surface area (Å²) in [6, 6.07) is 0. The molecule has 2 saturated carbocycles. The normalized spacial score (nSPS) is 46.0. The molecule has 4 fully saturated rings. The van der Waals surface area contributed by atoms with Crippen molar-refractivity contribution in [2.45, 2.75) is 90.1 Å². The molecule has 4 nitrogen and oxygen atoms in total. The summed E-state index contributed by atoms with van der Waals surface area (Å²) >= 11 is 0. The van der Waals surface area contributed by atoms with Crippen molar-refractivity contribution < 1.29 is 14.9 Å². The van der Waals surface area contributed by atoms with Gasteiger partial charge in [-0.15, -0.1) is 0 Å². The van der Waals surface area contributed by atoms with Gasteiger partial charge in [0.25, 0.3) is 0 Å². The smallest absolute Gasteiger partial charge is 0.110 e. The number of nitrogens with one attached hydrogen (secondary N) is 1. The fourth-order valence-corrected chi connectivity index (χ4v) is 5.42. The van der Waals surface area contributed by atoms with Crippen LogP contribution in [0.2, 0.25) is 0 Å². The van der Waals surface area contributed by atoms with E-state index in [1.165, 1.54) is 12.8 Å². The lowest BCUT2D eigenvalue weighted by atomic mass is 9.58. The van der Waals surface area contributed by atoms with Crippen LogP contribution in [0.5, 0.6) is 0 Å². The lowest BCUT2D eigenvalue weighted by Crippen LogP contribution is -2.58. The maximum absolute atomic E-state index is 10.6. The van der Waals surface area contributed by atoms with E-state index < -0.39 is 6.23 Å². The minimum atomic E-state index is -0.455. The number of hydrogen-bond acceptors (Lipinski definition) is 4. The molecule has 0 aromatic heterocycles. The Morgan fingerprint density at radius 2 is 1.96 bits per heavy atom. The van der Waals surface area contributed by atoms with Gasteiger partial charge in [-0.25, -0.2) is 9.78 Å². The highest BCUT2D eigenvalue weighted by molar-refractivity contribution is 5.06. The van der Waals surface area contributed by atoms with Gasteiger partial charge in [0.15, 0.2) is 0 Å². The Labute approximate surface area is 141 Å². The Balaban J connectivity index is 1.83. The summed E-state index contributed by atoms with van der Waals surface area (Å²) in [5.74, 6) is 1.79. The summed E-state index contributed by atoms with van der Waals surface area (Å²) in [5.41, 5.74) is -0.295. The molecule has 1 unspecified atom stereocenters. The predicted octanol–water partition coefficient (Wildman–Crippen LogP) is 3.64. The molecule has 0 aromatic rings. The number of aliphatic hydroxyl groups is 1. The van der Waals surface area contributed by atoms with Crippen molar-refractivity contribution in [3.8, 4) is 0 Å². The maximum atomic E-state index is 10.6. The van der Waals surface area contributed by atoms with Gasteiger partial charge in [0.2, 0.25) is 0 Å². The largest absolute Gasteiger partial charge is 0.378 e. The Morgan fingerprint density at radius 1 is 1.17 bits per heavy atom. The lowest BCUT2D eigenvalue weighted by Gasteiger charge is -2.54. The SMILES string of the molecule is CCCNC(O)[C@H](C)[C@@H]1CC[C@@H](C)[C@@H]2CC[C@]3(C)CC[C@@]21OO3. The fourth-order valence-electron chi connectivity index (χ4n) is 5.42. The minimum Gasteiger partial charge on any atom is -0.378 e. The predicted molar refractivity (Wildman–Crippen MR) is 90.6 cm³/mol. The van der Waals surface area contributed by atoms with Gasteiger partial charge in [-0.05, 0) is 76.2 Å². The van der Waals surface area contributed by atoms with Gasteiger partial charge in [-0.2, -0.15) is 0 Å². The lowest BCUT2D eigenvalue weighted by molar-refractivity contribution is -0.453. The second kappa shape index (κ2) is 6.62. The molecule has 2 aliphatic carbocycles. The van der Waals surface area contributed by atoms with E-state index in [-0.39, 0.29) is 17.1 Å². The van der Waals surface area contributed by atoms with E-state index in [1.54, 1.807) is 0 Å². The van der Waals surface area contributed by atoms with Crippen molar-refractivity contribution in [3.63, 3.8) is 0 Å². The zero-order chi connectivity index (χ0) is 16.7. The molecule has 1 spiro atoms. The molecule has 7 atom stereocenters. The maximum Gasteiger partial charge on any atom is 0.110 e. The van der Waals surface area contributed by atoms with Crippen LogP contribution in [0.1, 0.15) is 72.6 Å². The van der Waals surface area contributed by atoms with E-state index in [1.807, 2.05) is 0 Å². The summed E-state index contributed by atoms with van der Waals surface area (Å²) in [7, 11) is 0. The summed E-state index contributed by atoms with van der Waals surface area (Å²) in [6.45, 7) is 9.75. The van der Waals surface area contributed by atoms with Gasteiger partial charge >= 0.3 is 0 Å². The third-order valence-electron chi connectivity index (χ3n) is 7.04. The van der Waals surface area contributed by atoms with E-state index >= 15 is 0 Å². The first kappa shape index (κ1) is 17.7. The third kappa shape index (κ3) is 3.08. The average molecular weight is 325 g/mol. The van der Waals surface area contributed by atoms with E-state index in [4.69, 9.17) is 9.78 Å². The van der Waals surface area contributed by atoms with Crippen LogP contribution >= 0.6 is 0 Å². The van der Waals surface area contributed by atoms with Crippen LogP contribution in [0, 0.1) is 23.7 Å². The Hall–Kier alpha value is -0.160. The molecule has 4 rings (SSSR count). The minimum absolute atomic E-state index is 0.102. The topological polar surface area (TPSA) is 50.7 Å². The Bertz CT molecular complexity index is 405. The zero-order valence-electron chi connectivity index (χ0n) is 15.3. The highest BCUT2D eigenvalue weighted by Crippen LogP contribution is 2.58. The molecule has 2 bridgehead atoms. The van der Waals surface area contributed by atoms with Gasteiger partial charge in [-0.3, -0.25) is 5.32 Å². The molecule has 4 heteroatoms. The Kier molecular flexibility index (Phi) is 5.09. The van der Waals surface area contributed by atoms with E-state index in [2.05, 4.69) is 33.0 Å². The number of fused-ring (bicyclic) bond motifs is 3. The summed E-state index contributed by atoms with van der Waals surface area (Å²) in [4.78, 5) is 12.2. The Morgan fingerprint density at radius 3 is 2.61 bits per heavy atom. The molecule has 4 aliphatic rings. The van der Waals surface area contributed by atoms with Crippen LogP contribution < -0.4 is 5.32 Å². The summed E-state index contributed by atoms with van der Waals surface area (Å²) < 4.78 is 0. The standard InChI is InChI=1S/C19H35NO3/c1-5-12-20-17(21)14(3)16-7-6-13(2)15-8-9-18(4)10-11-19(15,16)23-22-18/h13-17,20-21H,5-12H2,1-4H3/t13-,14-,15+,16+,17?,18-,19-/m1/s1. The van der Waals surface area contributed by atoms with Crippen molar-refractivity contribution in [1.82, 2.24) is 5.32 Å². The van der Waals surface area contributed by atoms with Gasteiger partial charge in [0.05, 0.1) is 0 Å². The van der Waals surface area contributed by atoms with E-state index in [9.17, 15) is 5.11 Å². The quantitative estimate of drug-likeness (QED) is 0.598. The van der Waals surface area contributed by atoms with Crippen molar-refractivity contribution in [2.24, 2.45) is 23.7 Å². The zero-order valence-corrected chi connectivity index (χ0v) is 15.3. The molecule has 2 N–H and O–H groups in total. The number of hydrogen-bond donors (Lipinski definition) is 2. The first-order chi connectivity index (χ1) is 10.9. The van der Waals surface area contributed by atoms with Crippen LogP contribution in [0.4, 0.5) is 0 Å². The fraction of sp³-hybridized carbons (Fsp3) is 1.00. The van der Waals surface area contributed by atoms with Gasteiger partial charge in [-0.1, -0.05) is 20.8 Å². The van der Waals surface area contributed by atoms with Crippen LogP contribution in [0.3, 0.4) is 0 Å². The molecular formula is C19H35NO3. The van der Waals surface area contributed by atoms with Crippen LogP contribution in [-0.4, -0.2) is 29.1 Å². The molecule has 134 valence electrons. The molecule has 0 radical (unpaired) electrons. The highest BCUT2D eigenvalue weighted by Gasteiger charge is 2.60. The van der Waals surface area contributed by atoms with Crippen molar-refractivity contribution in [2.75, 3.05) is 6.54 Å². The second-order valence-electron chi connectivity index (χ2n) is 8.64. The van der Waals surface area contributed by atoms with E-state index in [0.29, 0.717) is 17.8 Å². The van der Waals surface area contributed by atoms with Crippen molar-refractivity contribution >= 4 is 0 Å². The third-order valence-corrected chi connectivity index (χ3v) is 7.04. The van der Waals surface area contributed by atoms with Crippen molar-refractivity contribution in [3.05, 3.63) is 0 Å². The number of rotatable bonds is 5. The molecule has 0 amide bonds. The molecule has 0 aromatic carbocycles. The first-order valence-electron chi connectivity index (χ1n) is 9.70. The monoisotopic (exact) mass is 325 g/mol. The van der Waals surface area contributed by atoms with Crippen LogP contribution in [0.15, 0.2) is 0 Å². The molecule has 2 saturated heterocycles. The highest BCUT2D eigenvalue weighted by atomic mass is 17.2. The summed E-state index contributed by atoms with van der Waals surface area (Å²) in [6.07, 6.45) is 7.40. The second-order valence-corrected chi connectivity index (χ2v) is 8.64. The molecular weight excluding hydrogens is 290 g/mol. The van der Waals surface area contributed by atoms with Gasteiger partial charge < -0.3 is 5.11 Å². The first-order valence-corrected chi connectivity index (χ1v) is 9.70. The molecule has 2 heterocycles. The van der Waals surface area contributed by atoms with Gasteiger partial charge in [0, 0.05) is 5.92 Å². The average Bonchev–Trinajstić information content (AvgIpc) is 2.79. The summed E-state index contributed by atoms with van der Waals surface area (Å²) in [5, 5.41) is 13.9. The van der Waals surface area contributed by atoms with Crippen LogP contribution in [0.25, 0.3) is 0 Å². The van der Waals surface area contributed by atoms with Gasteiger partial charge in [0.1, 0.15) is 17.4 Å².